The van der Waals surface area contributed by atoms with Gasteiger partial charge in [0.05, 0.1) is 0 Å². The van der Waals surface area contributed by atoms with Gasteiger partial charge in [-0.2, -0.15) is 0 Å². The minimum atomic E-state index is 0. The predicted molar refractivity (Wildman–Crippen MR) is 163 cm³/mol. The van der Waals surface area contributed by atoms with E-state index in [0.29, 0.717) is 0 Å². The van der Waals surface area contributed by atoms with E-state index in [-0.39, 0.29) is 7.43 Å². The van der Waals surface area contributed by atoms with Gasteiger partial charge in [0.1, 0.15) is 0 Å². The van der Waals surface area contributed by atoms with E-state index in [1.807, 2.05) is 57.2 Å². The van der Waals surface area contributed by atoms with Crippen molar-refractivity contribution in [2.45, 2.75) is 47.5 Å². The zero-order valence-corrected chi connectivity index (χ0v) is 21.1. The average molecular weight is 463 g/mol. The molecule has 0 saturated carbocycles. The molecule has 1 aliphatic carbocycles. The van der Waals surface area contributed by atoms with Crippen LogP contribution >= 0.6 is 0 Å². The molecule has 0 nitrogen and oxygen atoms in total. The highest BCUT2D eigenvalue weighted by Crippen LogP contribution is 2.16. The molecule has 0 heterocycles. The third-order valence-electron chi connectivity index (χ3n) is 5.67. The molecular weight excluding hydrogens is 420 g/mol. The molecule has 182 valence electrons. The number of hydrogen-bond acceptors (Lipinski definition) is 0. The molecule has 0 heteroatoms. The van der Waals surface area contributed by atoms with Gasteiger partial charge in [-0.15, -0.1) is 0 Å². The van der Waals surface area contributed by atoms with Crippen molar-refractivity contribution in [2.24, 2.45) is 0 Å². The van der Waals surface area contributed by atoms with Gasteiger partial charge in [0.2, 0.25) is 0 Å². The fourth-order valence-corrected chi connectivity index (χ4v) is 4.08. The number of hydrogen-bond donors (Lipinski definition) is 0. The lowest BCUT2D eigenvalue weighted by atomic mass is 9.91. The fraction of sp³-hybridized carbons (Fsp3) is 0.200. The molecule has 0 amide bonds. The Bertz CT molecular complexity index is 1400. The minimum absolute atomic E-state index is 0. The second kappa shape index (κ2) is 15.3. The maximum atomic E-state index is 4.34. The van der Waals surface area contributed by atoms with Gasteiger partial charge in [0.15, 0.2) is 0 Å². The second-order valence-corrected chi connectivity index (χ2v) is 7.94. The number of aryl methyl sites for hydroxylation is 1. The number of benzene rings is 2. The van der Waals surface area contributed by atoms with Crippen LogP contribution in [0, 0.1) is 0 Å². The van der Waals surface area contributed by atoms with Crippen molar-refractivity contribution >= 4 is 36.1 Å². The summed E-state index contributed by atoms with van der Waals surface area (Å²) in [6.07, 6.45) is 27.7. The minimum Gasteiger partial charge on any atom is -0.0990 e. The molecule has 0 atom stereocenters. The molecule has 0 unspecified atom stereocenters. The largest absolute Gasteiger partial charge is 0.0990 e. The molecule has 0 bridgehead atoms. The first-order valence-electron chi connectivity index (χ1n) is 12.1. The summed E-state index contributed by atoms with van der Waals surface area (Å²) >= 11 is 0. The normalized spacial score (nSPS) is 13.8. The summed E-state index contributed by atoms with van der Waals surface area (Å²) < 4.78 is 0. The summed E-state index contributed by atoms with van der Waals surface area (Å²) in [7, 11) is 0. The highest BCUT2D eigenvalue weighted by Gasteiger charge is 2.08. The standard InChI is InChI=1S/C32H32.C2H6.CH4/c1-6-14-27(15-7-2)18-10-8-16-24(3)17-9-11-21-29-25(4)26(5)30-22-12-19-28-20-13-23-31(29)32(28)30;1-2;/h6-11,13-16,18,20-23H,1,3-5,12,17,19H2,2H3;1-2H3;1H4/b11-9-,15-7-,16-8+,18-10+,27-14+,29-21+;;. The van der Waals surface area contributed by atoms with E-state index < -0.39 is 0 Å². The lowest BCUT2D eigenvalue weighted by molar-refractivity contribution is 1.03. The molecule has 35 heavy (non-hydrogen) atoms. The van der Waals surface area contributed by atoms with Gasteiger partial charge in [0.25, 0.3) is 0 Å². The van der Waals surface area contributed by atoms with Gasteiger partial charge in [-0.05, 0) is 69.0 Å². The van der Waals surface area contributed by atoms with Gasteiger partial charge in [-0.25, -0.2) is 0 Å². The van der Waals surface area contributed by atoms with Gasteiger partial charge in [-0.1, -0.05) is 144 Å². The first-order chi connectivity index (χ1) is 16.6. The zero-order chi connectivity index (χ0) is 24.9. The molecule has 1 aliphatic rings. The quantitative estimate of drug-likeness (QED) is 0.366. The summed E-state index contributed by atoms with van der Waals surface area (Å²) in [5.41, 5.74) is 3.58. The van der Waals surface area contributed by atoms with Crippen molar-refractivity contribution in [3.8, 4) is 0 Å². The maximum Gasteiger partial charge on any atom is -0.00702 e. The Morgan fingerprint density at radius 1 is 1.00 bits per heavy atom. The summed E-state index contributed by atoms with van der Waals surface area (Å²) in [4.78, 5) is 0. The highest BCUT2D eigenvalue weighted by molar-refractivity contribution is 5.89. The molecule has 0 saturated heterocycles. The predicted octanol–water partition coefficient (Wildman–Crippen LogP) is 7.13. The molecule has 0 aliphatic heterocycles. The van der Waals surface area contributed by atoms with Gasteiger partial charge in [0, 0.05) is 0 Å². The Morgan fingerprint density at radius 2 is 1.74 bits per heavy atom. The number of allylic oxidation sites excluding steroid dienone is 12. The smallest absolute Gasteiger partial charge is 0.00702 e. The molecule has 0 fully saturated rings. The van der Waals surface area contributed by atoms with Crippen molar-refractivity contribution < 1.29 is 0 Å². The van der Waals surface area contributed by atoms with E-state index in [1.54, 1.807) is 6.08 Å². The van der Waals surface area contributed by atoms with E-state index in [0.717, 1.165) is 46.1 Å². The van der Waals surface area contributed by atoms with E-state index in [1.165, 1.54) is 21.6 Å². The van der Waals surface area contributed by atoms with Crippen LogP contribution in [-0.2, 0) is 6.42 Å². The summed E-state index contributed by atoms with van der Waals surface area (Å²) in [5.74, 6) is 0. The van der Waals surface area contributed by atoms with Gasteiger partial charge >= 0.3 is 0 Å². The van der Waals surface area contributed by atoms with Crippen LogP contribution in [0.2, 0.25) is 0 Å². The van der Waals surface area contributed by atoms with Crippen LogP contribution in [0.5, 0.6) is 0 Å². The highest BCUT2D eigenvalue weighted by atomic mass is 14.1. The first-order valence-corrected chi connectivity index (χ1v) is 12.1. The first kappa shape index (κ1) is 29.4. The molecule has 2 aromatic carbocycles. The summed E-state index contributed by atoms with van der Waals surface area (Å²) in [5, 5.41) is 7.10. The van der Waals surface area contributed by atoms with Crippen molar-refractivity contribution in [2.75, 3.05) is 0 Å². The van der Waals surface area contributed by atoms with Crippen LogP contribution in [0.4, 0.5) is 0 Å². The Morgan fingerprint density at radius 3 is 2.46 bits per heavy atom. The Labute approximate surface area is 213 Å². The van der Waals surface area contributed by atoms with Crippen LogP contribution in [-0.4, -0.2) is 0 Å². The average Bonchev–Trinajstić information content (AvgIpc) is 2.86. The Hall–Kier alpha value is -3.64. The van der Waals surface area contributed by atoms with Crippen molar-refractivity contribution in [1.82, 2.24) is 0 Å². The van der Waals surface area contributed by atoms with Gasteiger partial charge < -0.3 is 0 Å². The Balaban J connectivity index is 0.00000199. The van der Waals surface area contributed by atoms with Gasteiger partial charge in [-0.3, -0.25) is 0 Å². The van der Waals surface area contributed by atoms with E-state index in [4.69, 9.17) is 0 Å². The zero-order valence-electron chi connectivity index (χ0n) is 21.1. The molecular formula is C35H42. The maximum absolute atomic E-state index is 4.34. The van der Waals surface area contributed by atoms with E-state index in [2.05, 4.69) is 74.9 Å². The van der Waals surface area contributed by atoms with Crippen LogP contribution < -0.4 is 20.9 Å². The third-order valence-corrected chi connectivity index (χ3v) is 5.67. The molecule has 0 N–H and O–H groups in total. The lowest BCUT2D eigenvalue weighted by Crippen LogP contribution is -2.47. The van der Waals surface area contributed by atoms with E-state index in [9.17, 15) is 0 Å². The Kier molecular flexibility index (Phi) is 12.8. The van der Waals surface area contributed by atoms with Crippen LogP contribution in [0.15, 0.2) is 103 Å². The van der Waals surface area contributed by atoms with E-state index >= 15 is 0 Å². The monoisotopic (exact) mass is 462 g/mol. The van der Waals surface area contributed by atoms with Crippen molar-refractivity contribution in [3.63, 3.8) is 0 Å². The molecule has 0 aromatic heterocycles. The lowest BCUT2D eigenvalue weighted by Gasteiger charge is -2.13. The number of rotatable bonds is 8. The second-order valence-electron chi connectivity index (χ2n) is 7.94. The topological polar surface area (TPSA) is 0 Å². The summed E-state index contributed by atoms with van der Waals surface area (Å²) in [6.45, 7) is 22.6. The molecule has 2 aromatic rings. The summed E-state index contributed by atoms with van der Waals surface area (Å²) in [6, 6.07) is 6.59. The molecule has 3 rings (SSSR count). The molecule has 0 radical (unpaired) electrons. The van der Waals surface area contributed by atoms with Crippen LogP contribution in [0.1, 0.15) is 46.6 Å². The third kappa shape index (κ3) is 7.69. The molecule has 0 spiro atoms. The SMILES string of the molecule is C.C=C/C=C(\C=C/C)/C=C/C=C/C(=C)C/C=C\C=c1/c(=C)c(=C)c2c3c(cccc13)CCC=2.CC. The van der Waals surface area contributed by atoms with Crippen molar-refractivity contribution in [3.05, 3.63) is 130 Å². The fourth-order valence-electron chi connectivity index (χ4n) is 4.08. The van der Waals surface area contributed by atoms with Crippen molar-refractivity contribution in [1.29, 1.82) is 0 Å². The van der Waals surface area contributed by atoms with Crippen LogP contribution in [0.3, 0.4) is 0 Å². The van der Waals surface area contributed by atoms with Crippen LogP contribution in [0.25, 0.3) is 36.1 Å².